The molecule has 2 aliphatic rings. The highest BCUT2D eigenvalue weighted by molar-refractivity contribution is 7.91. The van der Waals surface area contributed by atoms with Crippen LogP contribution in [0.2, 0.25) is 0 Å². The SMILES string of the molecule is O=C(NCc1nc(-c2ccccn2)no1)C1CCN([C@@H]2CCS(=O)(=O)C2)CC1. The van der Waals surface area contributed by atoms with Crippen LogP contribution in [0.1, 0.15) is 25.2 Å². The van der Waals surface area contributed by atoms with Gasteiger partial charge in [-0.3, -0.25) is 14.7 Å². The molecule has 9 nitrogen and oxygen atoms in total. The molecule has 0 aliphatic carbocycles. The zero-order valence-corrected chi connectivity index (χ0v) is 16.3. The van der Waals surface area contributed by atoms with E-state index in [0.717, 1.165) is 25.9 Å². The van der Waals surface area contributed by atoms with Gasteiger partial charge in [0.2, 0.25) is 17.6 Å². The van der Waals surface area contributed by atoms with Crippen LogP contribution in [0.5, 0.6) is 0 Å². The fraction of sp³-hybridized carbons (Fsp3) is 0.556. The average molecular weight is 405 g/mol. The summed E-state index contributed by atoms with van der Waals surface area (Å²) in [4.78, 5) is 23.1. The second kappa shape index (κ2) is 7.96. The minimum atomic E-state index is -2.88. The van der Waals surface area contributed by atoms with Gasteiger partial charge >= 0.3 is 0 Å². The van der Waals surface area contributed by atoms with Crippen LogP contribution in [0.15, 0.2) is 28.9 Å². The van der Waals surface area contributed by atoms with E-state index in [0.29, 0.717) is 23.8 Å². The Labute approximate surface area is 163 Å². The highest BCUT2D eigenvalue weighted by atomic mass is 32.2. The molecule has 1 amide bonds. The van der Waals surface area contributed by atoms with Crippen LogP contribution >= 0.6 is 0 Å². The second-order valence-corrected chi connectivity index (χ2v) is 9.54. The van der Waals surface area contributed by atoms with E-state index in [2.05, 4.69) is 25.3 Å². The first-order valence-electron chi connectivity index (χ1n) is 9.46. The Hall–Kier alpha value is -2.33. The molecular weight excluding hydrogens is 382 g/mol. The summed E-state index contributed by atoms with van der Waals surface area (Å²) in [5, 5.41) is 6.75. The highest BCUT2D eigenvalue weighted by Gasteiger charge is 2.35. The Balaban J connectivity index is 1.25. The number of amides is 1. The van der Waals surface area contributed by atoms with Gasteiger partial charge < -0.3 is 9.84 Å². The molecule has 2 fully saturated rings. The van der Waals surface area contributed by atoms with Crippen LogP contribution in [0.25, 0.3) is 11.5 Å². The smallest absolute Gasteiger partial charge is 0.246 e. The lowest BCUT2D eigenvalue weighted by molar-refractivity contribution is -0.126. The van der Waals surface area contributed by atoms with Gasteiger partial charge in [0.15, 0.2) is 9.84 Å². The minimum absolute atomic E-state index is 0.0312. The quantitative estimate of drug-likeness (QED) is 0.770. The van der Waals surface area contributed by atoms with Crippen molar-refractivity contribution in [2.24, 2.45) is 5.92 Å². The van der Waals surface area contributed by atoms with Crippen molar-refractivity contribution >= 4 is 15.7 Å². The van der Waals surface area contributed by atoms with Gasteiger partial charge in [-0.05, 0) is 44.5 Å². The first kappa shape index (κ1) is 19.0. The molecule has 28 heavy (non-hydrogen) atoms. The van der Waals surface area contributed by atoms with E-state index in [1.165, 1.54) is 0 Å². The maximum atomic E-state index is 12.5. The number of nitrogens with zero attached hydrogens (tertiary/aromatic N) is 4. The molecule has 4 rings (SSSR count). The van der Waals surface area contributed by atoms with E-state index in [-0.39, 0.29) is 35.9 Å². The number of pyridine rings is 1. The molecule has 2 aromatic heterocycles. The molecule has 0 spiro atoms. The van der Waals surface area contributed by atoms with E-state index in [4.69, 9.17) is 4.52 Å². The average Bonchev–Trinajstić information content (AvgIpc) is 3.33. The molecule has 2 saturated heterocycles. The number of carbonyl (C=O) groups excluding carboxylic acids is 1. The molecule has 10 heteroatoms. The summed E-state index contributed by atoms with van der Waals surface area (Å²) in [7, 11) is -2.88. The summed E-state index contributed by atoms with van der Waals surface area (Å²) < 4.78 is 28.5. The molecule has 2 aromatic rings. The standard InChI is InChI=1S/C18H23N5O4S/c24-18(13-4-8-23(9-5-13)14-6-10-28(25,26)12-14)20-11-16-21-17(22-27-16)15-3-1-2-7-19-15/h1-3,7,13-14H,4-6,8-12H2,(H,20,24)/t14-/m1/s1. The van der Waals surface area contributed by atoms with Crippen molar-refractivity contribution in [2.45, 2.75) is 31.8 Å². The van der Waals surface area contributed by atoms with Crippen LogP contribution in [-0.4, -0.2) is 65.0 Å². The number of carbonyl (C=O) groups is 1. The predicted octanol–water partition coefficient (Wildman–Crippen LogP) is 0.647. The number of likely N-dealkylation sites (tertiary alicyclic amines) is 1. The molecule has 0 unspecified atom stereocenters. The second-order valence-electron chi connectivity index (χ2n) is 7.31. The van der Waals surface area contributed by atoms with Gasteiger partial charge in [0.05, 0.1) is 18.1 Å². The van der Waals surface area contributed by atoms with Crippen molar-refractivity contribution in [2.75, 3.05) is 24.6 Å². The van der Waals surface area contributed by atoms with Crippen LogP contribution < -0.4 is 5.32 Å². The van der Waals surface area contributed by atoms with Crippen LogP contribution in [0.3, 0.4) is 0 Å². The van der Waals surface area contributed by atoms with Gasteiger partial charge in [0.1, 0.15) is 5.69 Å². The Kier molecular flexibility index (Phi) is 5.40. The van der Waals surface area contributed by atoms with Gasteiger partial charge in [-0.1, -0.05) is 11.2 Å². The summed E-state index contributed by atoms with van der Waals surface area (Å²) in [6, 6.07) is 5.54. The highest BCUT2D eigenvalue weighted by Crippen LogP contribution is 2.24. The first-order valence-corrected chi connectivity index (χ1v) is 11.3. The molecular formula is C18H23N5O4S. The van der Waals surface area contributed by atoms with Crippen molar-refractivity contribution in [1.29, 1.82) is 0 Å². The number of aromatic nitrogens is 3. The van der Waals surface area contributed by atoms with Gasteiger partial charge in [0, 0.05) is 18.2 Å². The van der Waals surface area contributed by atoms with Crippen molar-refractivity contribution in [3.63, 3.8) is 0 Å². The molecule has 1 atom stereocenters. The topological polar surface area (TPSA) is 118 Å². The normalized spacial score (nSPS) is 22.9. The Morgan fingerprint density at radius 1 is 1.25 bits per heavy atom. The lowest BCUT2D eigenvalue weighted by atomic mass is 9.94. The molecule has 150 valence electrons. The summed E-state index contributed by atoms with van der Waals surface area (Å²) in [6.07, 6.45) is 3.81. The molecule has 2 aliphatic heterocycles. The maximum Gasteiger partial charge on any atom is 0.246 e. The summed E-state index contributed by atoms with van der Waals surface area (Å²) in [6.45, 7) is 1.69. The van der Waals surface area contributed by atoms with Crippen molar-refractivity contribution in [3.05, 3.63) is 30.3 Å². The van der Waals surface area contributed by atoms with Gasteiger partial charge in [-0.15, -0.1) is 0 Å². The predicted molar refractivity (Wildman–Crippen MR) is 101 cm³/mol. The molecule has 1 N–H and O–H groups in total. The van der Waals surface area contributed by atoms with Crippen LogP contribution in [0.4, 0.5) is 0 Å². The lowest BCUT2D eigenvalue weighted by Crippen LogP contribution is -2.45. The summed E-state index contributed by atoms with van der Waals surface area (Å²) >= 11 is 0. The number of hydrogen-bond donors (Lipinski definition) is 1. The molecule has 0 saturated carbocycles. The first-order chi connectivity index (χ1) is 13.5. The molecule has 0 bridgehead atoms. The third kappa shape index (κ3) is 4.39. The van der Waals surface area contributed by atoms with Crippen LogP contribution in [0, 0.1) is 5.92 Å². The monoisotopic (exact) mass is 405 g/mol. The Bertz CT molecular complexity index is 922. The number of piperidine rings is 1. The van der Waals surface area contributed by atoms with Crippen molar-refractivity contribution < 1.29 is 17.7 Å². The van der Waals surface area contributed by atoms with Gasteiger partial charge in [-0.2, -0.15) is 4.98 Å². The summed E-state index contributed by atoms with van der Waals surface area (Å²) in [5.41, 5.74) is 0.616. The number of rotatable bonds is 5. The van der Waals surface area contributed by atoms with Gasteiger partial charge in [0.25, 0.3) is 0 Å². The van der Waals surface area contributed by atoms with Gasteiger partial charge in [-0.25, -0.2) is 8.42 Å². The molecule has 0 radical (unpaired) electrons. The minimum Gasteiger partial charge on any atom is -0.347 e. The fourth-order valence-corrected chi connectivity index (χ4v) is 5.58. The van der Waals surface area contributed by atoms with E-state index in [1.54, 1.807) is 12.3 Å². The Morgan fingerprint density at radius 2 is 2.07 bits per heavy atom. The van der Waals surface area contributed by atoms with Crippen LogP contribution in [-0.2, 0) is 21.2 Å². The van der Waals surface area contributed by atoms with E-state index >= 15 is 0 Å². The van der Waals surface area contributed by atoms with Crippen molar-refractivity contribution in [1.82, 2.24) is 25.3 Å². The van der Waals surface area contributed by atoms with E-state index in [9.17, 15) is 13.2 Å². The third-order valence-corrected chi connectivity index (χ3v) is 7.15. The zero-order chi connectivity index (χ0) is 19.6. The summed E-state index contributed by atoms with van der Waals surface area (Å²) in [5.74, 6) is 1.15. The zero-order valence-electron chi connectivity index (χ0n) is 15.5. The fourth-order valence-electron chi connectivity index (χ4n) is 3.82. The lowest BCUT2D eigenvalue weighted by Gasteiger charge is -2.34. The molecule has 4 heterocycles. The van der Waals surface area contributed by atoms with E-state index < -0.39 is 9.84 Å². The number of nitrogens with one attached hydrogen (secondary N) is 1. The largest absolute Gasteiger partial charge is 0.347 e. The number of sulfone groups is 1. The van der Waals surface area contributed by atoms with Crippen molar-refractivity contribution in [3.8, 4) is 11.5 Å². The maximum absolute atomic E-state index is 12.5. The van der Waals surface area contributed by atoms with E-state index in [1.807, 2.05) is 12.1 Å². The molecule has 0 aromatic carbocycles. The Morgan fingerprint density at radius 3 is 2.75 bits per heavy atom. The third-order valence-electron chi connectivity index (χ3n) is 5.40. The number of hydrogen-bond acceptors (Lipinski definition) is 8.